The largest absolute Gasteiger partial charge is 0.535 e. The maximum absolute atomic E-state index is 11.7. The number of nitrogens with two attached hydrogens (primary N) is 2. The number of primary amides is 1. The van der Waals surface area contributed by atoms with E-state index >= 15 is 0 Å². The first-order chi connectivity index (χ1) is 13.8. The second-order valence-corrected chi connectivity index (χ2v) is 6.82. The average molecular weight is 403 g/mol. The molecule has 2 aliphatic heterocycles. The fraction of sp³-hybridized carbons (Fsp3) is 0.412. The van der Waals surface area contributed by atoms with Crippen molar-refractivity contribution in [3.63, 3.8) is 0 Å². The fourth-order valence-corrected chi connectivity index (χ4v) is 3.14. The summed E-state index contributed by atoms with van der Waals surface area (Å²) in [6.07, 6.45) is 1.93. The van der Waals surface area contributed by atoms with Crippen LogP contribution in [0.1, 0.15) is 15.9 Å². The number of hydrogen-bond donors (Lipinski definition) is 4. The Morgan fingerprint density at radius 2 is 2.14 bits per heavy atom. The van der Waals surface area contributed by atoms with E-state index in [4.69, 9.17) is 20.9 Å². The minimum Gasteiger partial charge on any atom is -0.535 e. The van der Waals surface area contributed by atoms with Crippen LogP contribution in [0.25, 0.3) is 0 Å². The summed E-state index contributed by atoms with van der Waals surface area (Å²) in [5.74, 6) is -1.04. The Morgan fingerprint density at radius 3 is 2.83 bits per heavy atom. The van der Waals surface area contributed by atoms with Crippen LogP contribution in [0.2, 0.25) is 6.32 Å². The van der Waals surface area contributed by atoms with Crippen molar-refractivity contribution in [2.24, 2.45) is 21.5 Å². The number of amidine groups is 1. The molecule has 0 aromatic heterocycles. The first-order valence-corrected chi connectivity index (χ1v) is 9.05. The molecule has 0 spiro atoms. The van der Waals surface area contributed by atoms with Crippen molar-refractivity contribution in [2.75, 3.05) is 26.2 Å². The van der Waals surface area contributed by atoms with Gasteiger partial charge in [-0.3, -0.25) is 14.7 Å². The molecule has 2 heterocycles. The third-order valence-corrected chi connectivity index (χ3v) is 4.48. The Labute approximate surface area is 167 Å². The molecule has 0 saturated carbocycles. The van der Waals surface area contributed by atoms with Crippen molar-refractivity contribution in [3.05, 3.63) is 23.3 Å². The molecular weight excluding hydrogens is 381 g/mol. The van der Waals surface area contributed by atoms with E-state index in [0.717, 1.165) is 5.56 Å². The number of nitrogens with zero attached hydrogens (tertiary/aromatic N) is 3. The lowest BCUT2D eigenvalue weighted by atomic mass is 9.78. The summed E-state index contributed by atoms with van der Waals surface area (Å²) in [4.78, 5) is 31.9. The number of benzene rings is 1. The number of fused-ring (bicyclic) bond motifs is 1. The van der Waals surface area contributed by atoms with E-state index in [1.54, 1.807) is 12.1 Å². The third-order valence-electron chi connectivity index (χ3n) is 4.48. The molecule has 1 aromatic carbocycles. The highest BCUT2D eigenvalue weighted by molar-refractivity contribution is 6.44. The number of aromatic carboxylic acids is 1. The number of carboxylic acids is 1. The number of aryl methyl sites for hydroxylation is 1. The second-order valence-electron chi connectivity index (χ2n) is 6.82. The van der Waals surface area contributed by atoms with Gasteiger partial charge in [-0.15, -0.1) is 0 Å². The van der Waals surface area contributed by atoms with Crippen molar-refractivity contribution >= 4 is 31.2 Å². The Morgan fingerprint density at radius 1 is 1.38 bits per heavy atom. The molecular formula is C17H22BN5O6. The summed E-state index contributed by atoms with van der Waals surface area (Å²) in [6, 6.07) is 3.38. The van der Waals surface area contributed by atoms with E-state index in [2.05, 4.69) is 9.98 Å². The first-order valence-electron chi connectivity index (χ1n) is 9.05. The standard InChI is InChI=1S/C17H22BN5O6/c19-13(22-9-21-5-14(20)24)8-23-6-11(7-23)28-12-2-1-10-3-4-18(27)29-16(10)15(12)17(25)26/h1-2,9,11,27H,3-8H2,(H2,20,24)(H,25,26)(H2,19,21,22). The quantitative estimate of drug-likeness (QED) is 0.236. The van der Waals surface area contributed by atoms with E-state index in [0.29, 0.717) is 38.2 Å². The molecule has 29 heavy (non-hydrogen) atoms. The molecule has 0 bridgehead atoms. The summed E-state index contributed by atoms with van der Waals surface area (Å²) in [6.45, 7) is 1.31. The molecule has 0 atom stereocenters. The molecule has 3 rings (SSSR count). The van der Waals surface area contributed by atoms with Crippen LogP contribution in [0.3, 0.4) is 0 Å². The van der Waals surface area contributed by atoms with E-state index in [-0.39, 0.29) is 29.7 Å². The molecule has 1 amide bonds. The van der Waals surface area contributed by atoms with Crippen LogP contribution in [0.5, 0.6) is 11.5 Å². The Hall–Kier alpha value is -3.12. The number of hydrogen-bond acceptors (Lipinski definition) is 7. The molecule has 1 saturated heterocycles. The van der Waals surface area contributed by atoms with Crippen LogP contribution in [-0.2, 0) is 11.2 Å². The van der Waals surface area contributed by atoms with Crippen LogP contribution in [0, 0.1) is 0 Å². The minimum atomic E-state index is -1.17. The Bertz CT molecular complexity index is 855. The molecule has 154 valence electrons. The molecule has 0 unspecified atom stereocenters. The molecule has 0 aliphatic carbocycles. The molecule has 1 aromatic rings. The number of carbonyl (C=O) groups excluding carboxylic acids is 1. The Kier molecular flexibility index (Phi) is 6.34. The maximum atomic E-state index is 11.7. The lowest BCUT2D eigenvalue weighted by Crippen LogP contribution is -2.56. The predicted molar refractivity (Wildman–Crippen MR) is 106 cm³/mol. The van der Waals surface area contributed by atoms with Crippen LogP contribution in [-0.4, -0.2) is 78.5 Å². The molecule has 2 aliphatic rings. The van der Waals surface area contributed by atoms with Gasteiger partial charge >= 0.3 is 13.1 Å². The van der Waals surface area contributed by atoms with Gasteiger partial charge in [0.1, 0.15) is 41.9 Å². The minimum absolute atomic E-state index is 0.0774. The normalized spacial score (nSPS) is 17.6. The maximum Gasteiger partial charge on any atom is 0.522 e. The number of likely N-dealkylation sites (tertiary alicyclic amines) is 1. The topological polar surface area (TPSA) is 173 Å². The fourth-order valence-electron chi connectivity index (χ4n) is 3.14. The van der Waals surface area contributed by atoms with Crippen molar-refractivity contribution in [2.45, 2.75) is 18.8 Å². The smallest absolute Gasteiger partial charge is 0.522 e. The number of amides is 1. The third kappa shape index (κ3) is 5.24. The van der Waals surface area contributed by atoms with Crippen molar-refractivity contribution < 1.29 is 29.1 Å². The van der Waals surface area contributed by atoms with E-state index in [1.807, 2.05) is 4.90 Å². The Balaban J connectivity index is 1.57. The van der Waals surface area contributed by atoms with Gasteiger partial charge in [0.15, 0.2) is 0 Å². The van der Waals surface area contributed by atoms with Gasteiger partial charge in [-0.05, 0) is 24.4 Å². The monoisotopic (exact) mass is 403 g/mol. The predicted octanol–water partition coefficient (Wildman–Crippen LogP) is -1.27. The van der Waals surface area contributed by atoms with Gasteiger partial charge in [-0.2, -0.15) is 0 Å². The number of ether oxygens (including phenoxy) is 1. The van der Waals surface area contributed by atoms with Crippen LogP contribution in [0.15, 0.2) is 22.1 Å². The highest BCUT2D eigenvalue weighted by Crippen LogP contribution is 2.37. The molecule has 0 radical (unpaired) electrons. The van der Waals surface area contributed by atoms with Crippen molar-refractivity contribution in [3.8, 4) is 11.5 Å². The lowest BCUT2D eigenvalue weighted by molar-refractivity contribution is -0.116. The van der Waals surface area contributed by atoms with E-state index in [1.165, 1.54) is 6.34 Å². The van der Waals surface area contributed by atoms with E-state index in [9.17, 15) is 19.7 Å². The van der Waals surface area contributed by atoms with Crippen LogP contribution >= 0.6 is 0 Å². The molecule has 12 heteroatoms. The SMILES string of the molecule is NC(=O)CN=CN=C(N)CN1CC(Oc2ccc3c(c2C(=O)O)OB(O)CC3)C1. The number of carbonyl (C=O) groups is 2. The van der Waals surface area contributed by atoms with Gasteiger partial charge in [-0.1, -0.05) is 6.07 Å². The zero-order chi connectivity index (χ0) is 21.0. The highest BCUT2D eigenvalue weighted by Gasteiger charge is 2.33. The zero-order valence-electron chi connectivity index (χ0n) is 15.7. The summed E-state index contributed by atoms with van der Waals surface area (Å²) in [7, 11) is -1.02. The van der Waals surface area contributed by atoms with Gasteiger partial charge in [0.25, 0.3) is 0 Å². The van der Waals surface area contributed by atoms with E-state index < -0.39 is 19.0 Å². The summed E-state index contributed by atoms with van der Waals surface area (Å²) >= 11 is 0. The average Bonchev–Trinajstić information content (AvgIpc) is 2.62. The van der Waals surface area contributed by atoms with Crippen molar-refractivity contribution in [1.29, 1.82) is 0 Å². The number of rotatable bonds is 8. The first kappa shape index (κ1) is 20.6. The summed E-state index contributed by atoms with van der Waals surface area (Å²) < 4.78 is 11.2. The summed E-state index contributed by atoms with van der Waals surface area (Å²) in [5.41, 5.74) is 11.4. The molecule has 6 N–H and O–H groups in total. The van der Waals surface area contributed by atoms with Gasteiger partial charge < -0.3 is 31.0 Å². The zero-order valence-corrected chi connectivity index (χ0v) is 15.7. The van der Waals surface area contributed by atoms with Gasteiger partial charge in [0, 0.05) is 13.1 Å². The summed E-state index contributed by atoms with van der Waals surface area (Å²) in [5, 5.41) is 19.3. The van der Waals surface area contributed by atoms with Crippen LogP contribution < -0.4 is 20.9 Å². The molecule has 11 nitrogen and oxygen atoms in total. The van der Waals surface area contributed by atoms with Gasteiger partial charge in [-0.25, -0.2) is 9.79 Å². The lowest BCUT2D eigenvalue weighted by Gasteiger charge is -2.39. The molecule has 1 fully saturated rings. The number of carboxylic acid groups (broad SMARTS) is 1. The van der Waals surface area contributed by atoms with Crippen LogP contribution in [0.4, 0.5) is 0 Å². The van der Waals surface area contributed by atoms with Crippen molar-refractivity contribution in [1.82, 2.24) is 4.90 Å². The number of aliphatic imine (C=N–C) groups is 2. The van der Waals surface area contributed by atoms with Gasteiger partial charge in [0.2, 0.25) is 5.91 Å². The second kappa shape index (κ2) is 8.92. The highest BCUT2D eigenvalue weighted by atomic mass is 16.5. The van der Waals surface area contributed by atoms with Gasteiger partial charge in [0.05, 0.1) is 6.54 Å².